The van der Waals surface area contributed by atoms with E-state index in [1.807, 2.05) is 19.1 Å². The van der Waals surface area contributed by atoms with E-state index in [2.05, 4.69) is 12.1 Å². The predicted octanol–water partition coefficient (Wildman–Crippen LogP) is 2.92. The minimum absolute atomic E-state index is 0.164. The van der Waals surface area contributed by atoms with Gasteiger partial charge in [-0.15, -0.1) is 0 Å². The van der Waals surface area contributed by atoms with Crippen molar-refractivity contribution >= 4 is 0 Å². The molecule has 1 aromatic rings. The third kappa shape index (κ3) is 4.99. The Morgan fingerprint density at radius 1 is 1.29 bits per heavy atom. The summed E-state index contributed by atoms with van der Waals surface area (Å²) in [4.78, 5) is 0. The summed E-state index contributed by atoms with van der Waals surface area (Å²) in [5.74, 6) is 0.395. The second-order valence-electron chi connectivity index (χ2n) is 5.75. The van der Waals surface area contributed by atoms with Crippen LogP contribution in [0.4, 0.5) is 0 Å². The second-order valence-corrected chi connectivity index (χ2v) is 5.75. The number of ether oxygens (including phenoxy) is 3. The van der Waals surface area contributed by atoms with E-state index in [1.54, 1.807) is 7.11 Å². The topological polar surface area (TPSA) is 47.9 Å². The Kier molecular flexibility index (Phi) is 6.03. The molecule has 118 valence electrons. The monoisotopic (exact) mass is 294 g/mol. The van der Waals surface area contributed by atoms with Gasteiger partial charge < -0.3 is 19.3 Å². The lowest BCUT2D eigenvalue weighted by Gasteiger charge is -2.23. The number of unbranched alkanes of at least 4 members (excludes halogenated alkanes) is 1. The van der Waals surface area contributed by atoms with E-state index in [9.17, 15) is 0 Å². The molecule has 0 aliphatic carbocycles. The van der Waals surface area contributed by atoms with Crippen LogP contribution in [0, 0.1) is 0 Å². The molecule has 4 heteroatoms. The Labute approximate surface area is 127 Å². The van der Waals surface area contributed by atoms with E-state index in [-0.39, 0.29) is 12.7 Å². The minimum Gasteiger partial charge on any atom is -0.497 e. The van der Waals surface area contributed by atoms with E-state index in [0.29, 0.717) is 6.61 Å². The first-order valence-corrected chi connectivity index (χ1v) is 7.71. The third-order valence-corrected chi connectivity index (χ3v) is 3.95. The van der Waals surface area contributed by atoms with E-state index >= 15 is 0 Å². The van der Waals surface area contributed by atoms with Gasteiger partial charge in [0.1, 0.15) is 5.75 Å². The van der Waals surface area contributed by atoms with Crippen LogP contribution in [0.1, 0.15) is 38.2 Å². The first-order valence-electron chi connectivity index (χ1n) is 7.71. The average Bonchev–Trinajstić information content (AvgIpc) is 2.88. The van der Waals surface area contributed by atoms with Gasteiger partial charge in [0.05, 0.1) is 19.8 Å². The van der Waals surface area contributed by atoms with Gasteiger partial charge in [0.2, 0.25) is 0 Å². The molecule has 1 saturated heterocycles. The van der Waals surface area contributed by atoms with E-state index < -0.39 is 5.79 Å². The fourth-order valence-electron chi connectivity index (χ4n) is 2.61. The lowest BCUT2D eigenvalue weighted by molar-refractivity contribution is -0.158. The Balaban J connectivity index is 1.76. The maximum Gasteiger partial charge on any atom is 0.166 e. The van der Waals surface area contributed by atoms with Gasteiger partial charge in [0.15, 0.2) is 5.79 Å². The molecule has 1 aromatic carbocycles. The molecule has 21 heavy (non-hydrogen) atoms. The molecule has 1 heterocycles. The highest BCUT2D eigenvalue weighted by atomic mass is 16.7. The van der Waals surface area contributed by atoms with E-state index in [4.69, 9.17) is 19.3 Å². The highest BCUT2D eigenvalue weighted by Crippen LogP contribution is 2.30. The molecule has 1 aliphatic heterocycles. The molecule has 0 saturated carbocycles. The SMILES string of the molecule is COc1ccc(CCC2(C)OCC(CCCCO)O2)cc1. The molecule has 0 aromatic heterocycles. The van der Waals surface area contributed by atoms with Gasteiger partial charge in [-0.3, -0.25) is 0 Å². The van der Waals surface area contributed by atoms with Crippen LogP contribution in [0.5, 0.6) is 5.75 Å². The van der Waals surface area contributed by atoms with Gasteiger partial charge in [-0.05, 0) is 50.3 Å². The summed E-state index contributed by atoms with van der Waals surface area (Å²) >= 11 is 0. The van der Waals surface area contributed by atoms with Crippen molar-refractivity contribution in [3.8, 4) is 5.75 Å². The van der Waals surface area contributed by atoms with Crippen LogP contribution in [0.25, 0.3) is 0 Å². The van der Waals surface area contributed by atoms with Crippen molar-refractivity contribution in [2.45, 2.75) is 50.9 Å². The summed E-state index contributed by atoms with van der Waals surface area (Å²) in [5.41, 5.74) is 1.26. The molecule has 1 fully saturated rings. The van der Waals surface area contributed by atoms with Crippen molar-refractivity contribution in [1.82, 2.24) is 0 Å². The maximum atomic E-state index is 8.81. The van der Waals surface area contributed by atoms with Crippen LogP contribution in [0.15, 0.2) is 24.3 Å². The fraction of sp³-hybridized carbons (Fsp3) is 0.647. The van der Waals surface area contributed by atoms with Crippen molar-refractivity contribution in [2.24, 2.45) is 0 Å². The van der Waals surface area contributed by atoms with Crippen molar-refractivity contribution in [3.05, 3.63) is 29.8 Å². The summed E-state index contributed by atoms with van der Waals surface area (Å²) < 4.78 is 17.0. The lowest BCUT2D eigenvalue weighted by Crippen LogP contribution is -2.27. The number of hydrogen-bond donors (Lipinski definition) is 1. The predicted molar refractivity (Wildman–Crippen MR) is 81.5 cm³/mol. The number of aliphatic hydroxyl groups excluding tert-OH is 1. The summed E-state index contributed by atoms with van der Waals surface area (Å²) in [5, 5.41) is 8.81. The quantitative estimate of drug-likeness (QED) is 0.749. The summed E-state index contributed by atoms with van der Waals surface area (Å²) in [7, 11) is 1.67. The molecular formula is C17H26O4. The van der Waals surface area contributed by atoms with Gasteiger partial charge in [-0.2, -0.15) is 0 Å². The van der Waals surface area contributed by atoms with Gasteiger partial charge in [-0.1, -0.05) is 12.1 Å². The zero-order valence-corrected chi connectivity index (χ0v) is 13.0. The third-order valence-electron chi connectivity index (χ3n) is 3.95. The Morgan fingerprint density at radius 3 is 2.71 bits per heavy atom. The number of benzene rings is 1. The van der Waals surface area contributed by atoms with E-state index in [1.165, 1.54) is 5.56 Å². The fourth-order valence-corrected chi connectivity index (χ4v) is 2.61. The zero-order chi connectivity index (χ0) is 15.1. The number of hydrogen-bond acceptors (Lipinski definition) is 4. The van der Waals surface area contributed by atoms with E-state index in [0.717, 1.165) is 37.9 Å². The Morgan fingerprint density at radius 2 is 2.05 bits per heavy atom. The second kappa shape index (κ2) is 7.78. The van der Waals surface area contributed by atoms with Gasteiger partial charge >= 0.3 is 0 Å². The van der Waals surface area contributed by atoms with Crippen molar-refractivity contribution in [2.75, 3.05) is 20.3 Å². The Bertz CT molecular complexity index is 417. The molecule has 0 amide bonds. The van der Waals surface area contributed by atoms with Gasteiger partial charge in [0.25, 0.3) is 0 Å². The molecule has 2 atom stereocenters. The van der Waals surface area contributed by atoms with Crippen LogP contribution >= 0.6 is 0 Å². The number of aryl methyl sites for hydroxylation is 1. The first-order chi connectivity index (χ1) is 10.1. The minimum atomic E-state index is -0.482. The average molecular weight is 294 g/mol. The number of aliphatic hydroxyl groups is 1. The largest absolute Gasteiger partial charge is 0.497 e. The van der Waals surface area contributed by atoms with Crippen LogP contribution in [0.2, 0.25) is 0 Å². The zero-order valence-electron chi connectivity index (χ0n) is 13.0. The maximum absolute atomic E-state index is 8.81. The van der Waals surface area contributed by atoms with Crippen LogP contribution < -0.4 is 4.74 Å². The van der Waals surface area contributed by atoms with Crippen molar-refractivity contribution in [1.29, 1.82) is 0 Å². The Hall–Kier alpha value is -1.10. The summed E-state index contributed by atoms with van der Waals surface area (Å²) in [6, 6.07) is 8.11. The van der Waals surface area contributed by atoms with Crippen LogP contribution in [0.3, 0.4) is 0 Å². The summed E-state index contributed by atoms with van der Waals surface area (Å²) in [6.07, 6.45) is 4.71. The normalized spacial score (nSPS) is 25.2. The van der Waals surface area contributed by atoms with Gasteiger partial charge in [-0.25, -0.2) is 0 Å². The molecule has 0 radical (unpaired) electrons. The van der Waals surface area contributed by atoms with Crippen LogP contribution in [-0.2, 0) is 15.9 Å². The summed E-state index contributed by atoms with van der Waals surface area (Å²) in [6.45, 7) is 2.93. The van der Waals surface area contributed by atoms with Crippen molar-refractivity contribution < 1.29 is 19.3 Å². The molecule has 1 N–H and O–H groups in total. The molecule has 4 nitrogen and oxygen atoms in total. The standard InChI is InChI=1S/C17H26O4/c1-17(20-13-16(21-17)5-3-4-12-18)11-10-14-6-8-15(19-2)9-7-14/h6-9,16,18H,3-5,10-13H2,1-2H3. The lowest BCUT2D eigenvalue weighted by atomic mass is 10.1. The molecule has 1 aliphatic rings. The smallest absolute Gasteiger partial charge is 0.166 e. The number of rotatable bonds is 8. The molecule has 2 rings (SSSR count). The molecule has 0 bridgehead atoms. The first kappa shape index (κ1) is 16.3. The molecular weight excluding hydrogens is 268 g/mol. The molecule has 2 unspecified atom stereocenters. The molecule has 0 spiro atoms. The van der Waals surface area contributed by atoms with Crippen molar-refractivity contribution in [3.63, 3.8) is 0 Å². The number of methoxy groups -OCH3 is 1. The highest BCUT2D eigenvalue weighted by Gasteiger charge is 2.36. The highest BCUT2D eigenvalue weighted by molar-refractivity contribution is 5.27. The van der Waals surface area contributed by atoms with Crippen LogP contribution in [-0.4, -0.2) is 37.3 Å². The van der Waals surface area contributed by atoms with Gasteiger partial charge in [0, 0.05) is 13.0 Å².